The quantitative estimate of drug-likeness (QED) is 0.449. The molecule has 0 radical (unpaired) electrons. The van der Waals surface area contributed by atoms with Crippen LogP contribution in [0.2, 0.25) is 5.02 Å². The normalized spacial score (nSPS) is 10.0. The molecule has 76 valence electrons. The first-order valence-electron chi connectivity index (χ1n) is 3.72. The molecule has 0 unspecified atom stereocenters. The molecule has 2 nitrogen and oxygen atoms in total. The van der Waals surface area contributed by atoms with Crippen LogP contribution in [0.15, 0.2) is 12.1 Å². The third-order valence-electron chi connectivity index (χ3n) is 1.66. The van der Waals surface area contributed by atoms with Gasteiger partial charge in [-0.25, -0.2) is 0 Å². The molecule has 0 bridgehead atoms. The Bertz CT molecular complexity index is 368. The first-order chi connectivity index (χ1) is 6.60. The highest BCUT2D eigenvalue weighted by Gasteiger charge is 2.12. The smallest absolute Gasteiger partial charge is 0.174 e. The Morgan fingerprint density at radius 3 is 2.79 bits per heavy atom. The Labute approximate surface area is 109 Å². The average molecular weight is 389 g/mol. The van der Waals surface area contributed by atoms with Crippen LogP contribution in [0.5, 0.6) is 5.75 Å². The van der Waals surface area contributed by atoms with Gasteiger partial charge in [0.05, 0.1) is 17.5 Å². The number of carbonyl (C=O) groups excluding carboxylic acids is 1. The van der Waals surface area contributed by atoms with Gasteiger partial charge in [0.2, 0.25) is 0 Å². The van der Waals surface area contributed by atoms with Crippen LogP contribution in [-0.2, 0) is 0 Å². The molecule has 0 aliphatic heterocycles. The molecule has 0 aliphatic rings. The molecule has 0 amide bonds. The van der Waals surface area contributed by atoms with E-state index in [2.05, 4.69) is 38.5 Å². The van der Waals surface area contributed by atoms with Gasteiger partial charge >= 0.3 is 0 Å². The Balaban J connectivity index is 3.24. The van der Waals surface area contributed by atoms with Gasteiger partial charge in [0.25, 0.3) is 0 Å². The molecule has 5 heteroatoms. The van der Waals surface area contributed by atoms with Crippen molar-refractivity contribution in [3.63, 3.8) is 0 Å². The van der Waals surface area contributed by atoms with E-state index < -0.39 is 0 Å². The van der Waals surface area contributed by atoms with E-state index in [1.54, 1.807) is 12.1 Å². The zero-order valence-electron chi connectivity index (χ0n) is 7.31. The van der Waals surface area contributed by atoms with E-state index in [9.17, 15) is 4.79 Å². The number of alkyl halides is 1. The van der Waals surface area contributed by atoms with Crippen molar-refractivity contribution in [1.82, 2.24) is 0 Å². The first kappa shape index (κ1) is 12.3. The van der Waals surface area contributed by atoms with Gasteiger partial charge < -0.3 is 4.74 Å². The van der Waals surface area contributed by atoms with Crippen molar-refractivity contribution < 1.29 is 9.53 Å². The van der Waals surface area contributed by atoms with E-state index in [-0.39, 0.29) is 5.78 Å². The molecular formula is C9H7BrClIO2. The molecule has 0 N–H and O–H groups in total. The van der Waals surface area contributed by atoms with Gasteiger partial charge in [-0.1, -0.05) is 27.5 Å². The van der Waals surface area contributed by atoms with Gasteiger partial charge in [0, 0.05) is 9.13 Å². The molecule has 1 aromatic rings. The second-order valence-corrected chi connectivity index (χ2v) is 4.65. The minimum atomic E-state index is 0.0179. The van der Waals surface area contributed by atoms with E-state index in [1.165, 1.54) is 7.11 Å². The summed E-state index contributed by atoms with van der Waals surface area (Å²) < 4.78 is 5.86. The summed E-state index contributed by atoms with van der Waals surface area (Å²) in [5.74, 6) is 0.542. The molecule has 14 heavy (non-hydrogen) atoms. The van der Waals surface area contributed by atoms with Gasteiger partial charge in [-0.3, -0.25) is 4.79 Å². The molecule has 0 aromatic heterocycles. The zero-order chi connectivity index (χ0) is 10.7. The van der Waals surface area contributed by atoms with Crippen LogP contribution < -0.4 is 4.74 Å². The largest absolute Gasteiger partial charge is 0.495 e. The van der Waals surface area contributed by atoms with E-state index in [1.807, 2.05) is 0 Å². The van der Waals surface area contributed by atoms with Crippen LogP contribution in [0.25, 0.3) is 0 Å². The number of hydrogen-bond donors (Lipinski definition) is 0. The number of carbonyl (C=O) groups is 1. The molecule has 0 saturated heterocycles. The highest BCUT2D eigenvalue weighted by atomic mass is 127. The number of methoxy groups -OCH3 is 1. The summed E-state index contributed by atoms with van der Waals surface area (Å²) in [6.07, 6.45) is 0. The number of hydrogen-bond acceptors (Lipinski definition) is 2. The Kier molecular flexibility index (Phi) is 4.66. The predicted molar refractivity (Wildman–Crippen MR) is 68.8 cm³/mol. The topological polar surface area (TPSA) is 26.3 Å². The molecule has 0 spiro atoms. The zero-order valence-corrected chi connectivity index (χ0v) is 11.8. The number of Topliss-reactive ketones (excluding diaryl/α,β-unsaturated/α-hetero) is 1. The van der Waals surface area contributed by atoms with Crippen molar-refractivity contribution in [2.75, 3.05) is 12.4 Å². The van der Waals surface area contributed by atoms with Gasteiger partial charge in [0.15, 0.2) is 5.78 Å². The number of benzene rings is 1. The Morgan fingerprint density at radius 1 is 1.64 bits per heavy atom. The number of halogens is 3. The fourth-order valence-electron chi connectivity index (χ4n) is 0.971. The Morgan fingerprint density at radius 2 is 2.29 bits per heavy atom. The third-order valence-corrected chi connectivity index (χ3v) is 3.36. The van der Waals surface area contributed by atoms with E-state index in [0.717, 1.165) is 3.57 Å². The Hall–Kier alpha value is 0.190. The number of ether oxygens (including phenoxy) is 1. The second-order valence-electron chi connectivity index (χ2n) is 2.52. The SMILES string of the molecule is COc1cc(C(=O)CBr)c(I)cc1Cl. The minimum absolute atomic E-state index is 0.0179. The maximum atomic E-state index is 11.5. The predicted octanol–water partition coefficient (Wildman–Crippen LogP) is 3.53. The maximum Gasteiger partial charge on any atom is 0.174 e. The molecular weight excluding hydrogens is 382 g/mol. The van der Waals surface area contributed by atoms with Crippen molar-refractivity contribution >= 4 is 55.9 Å². The molecule has 1 rings (SSSR count). The minimum Gasteiger partial charge on any atom is -0.495 e. The van der Waals surface area contributed by atoms with Crippen molar-refractivity contribution in [3.05, 3.63) is 26.3 Å². The number of ketones is 1. The molecule has 0 heterocycles. The van der Waals surface area contributed by atoms with E-state index in [0.29, 0.717) is 21.7 Å². The van der Waals surface area contributed by atoms with Crippen molar-refractivity contribution in [2.45, 2.75) is 0 Å². The summed E-state index contributed by atoms with van der Waals surface area (Å²) in [5.41, 5.74) is 0.628. The average Bonchev–Trinajstić information content (AvgIpc) is 2.17. The van der Waals surface area contributed by atoms with Gasteiger partial charge in [-0.05, 0) is 34.7 Å². The molecule has 0 aliphatic carbocycles. The lowest BCUT2D eigenvalue weighted by atomic mass is 10.1. The van der Waals surface area contributed by atoms with Crippen molar-refractivity contribution in [3.8, 4) is 5.75 Å². The standard InChI is InChI=1S/C9H7BrClIO2/c1-14-9-2-5(8(13)4-10)7(12)3-6(9)11/h2-3H,4H2,1H3. The van der Waals surface area contributed by atoms with Crippen LogP contribution in [0.4, 0.5) is 0 Å². The molecule has 0 fully saturated rings. The summed E-state index contributed by atoms with van der Waals surface area (Å²) in [6, 6.07) is 3.38. The first-order valence-corrected chi connectivity index (χ1v) is 6.30. The van der Waals surface area contributed by atoms with Crippen LogP contribution in [-0.4, -0.2) is 18.2 Å². The van der Waals surface area contributed by atoms with E-state index in [4.69, 9.17) is 16.3 Å². The fourth-order valence-corrected chi connectivity index (χ4v) is 2.47. The van der Waals surface area contributed by atoms with Crippen LogP contribution in [0, 0.1) is 3.57 Å². The highest BCUT2D eigenvalue weighted by molar-refractivity contribution is 14.1. The monoisotopic (exact) mass is 388 g/mol. The summed E-state index contributed by atoms with van der Waals surface area (Å²) >= 11 is 11.1. The third kappa shape index (κ3) is 2.61. The molecule has 0 atom stereocenters. The lowest BCUT2D eigenvalue weighted by Crippen LogP contribution is -2.03. The van der Waals surface area contributed by atoms with Crippen LogP contribution in [0.3, 0.4) is 0 Å². The number of rotatable bonds is 3. The van der Waals surface area contributed by atoms with Crippen LogP contribution >= 0.6 is 50.1 Å². The van der Waals surface area contributed by atoms with Crippen LogP contribution in [0.1, 0.15) is 10.4 Å². The molecule has 0 saturated carbocycles. The summed E-state index contributed by atoms with van der Waals surface area (Å²) in [4.78, 5) is 11.5. The van der Waals surface area contributed by atoms with Gasteiger partial charge in [0.1, 0.15) is 5.75 Å². The fraction of sp³-hybridized carbons (Fsp3) is 0.222. The highest BCUT2D eigenvalue weighted by Crippen LogP contribution is 2.29. The van der Waals surface area contributed by atoms with E-state index >= 15 is 0 Å². The van der Waals surface area contributed by atoms with Crippen molar-refractivity contribution in [1.29, 1.82) is 0 Å². The summed E-state index contributed by atoms with van der Waals surface area (Å²) in [5, 5.41) is 0.816. The summed E-state index contributed by atoms with van der Waals surface area (Å²) in [6.45, 7) is 0. The maximum absolute atomic E-state index is 11.5. The van der Waals surface area contributed by atoms with Crippen molar-refractivity contribution in [2.24, 2.45) is 0 Å². The molecule has 1 aromatic carbocycles. The van der Waals surface area contributed by atoms with Gasteiger partial charge in [-0.2, -0.15) is 0 Å². The lowest BCUT2D eigenvalue weighted by molar-refractivity contribution is 0.102. The second kappa shape index (κ2) is 5.32. The lowest BCUT2D eigenvalue weighted by Gasteiger charge is -2.07. The van der Waals surface area contributed by atoms with Gasteiger partial charge in [-0.15, -0.1) is 0 Å². The summed E-state index contributed by atoms with van der Waals surface area (Å²) in [7, 11) is 1.52.